The summed E-state index contributed by atoms with van der Waals surface area (Å²) in [5.41, 5.74) is 2.19. The summed E-state index contributed by atoms with van der Waals surface area (Å²) in [6.45, 7) is 9.77. The van der Waals surface area contributed by atoms with Crippen LogP contribution < -0.4 is 10.1 Å². The Bertz CT molecular complexity index is 1300. The van der Waals surface area contributed by atoms with Crippen LogP contribution in [0.3, 0.4) is 0 Å². The van der Waals surface area contributed by atoms with Crippen LogP contribution in [0.1, 0.15) is 68.3 Å². The van der Waals surface area contributed by atoms with E-state index in [0.29, 0.717) is 22.6 Å². The van der Waals surface area contributed by atoms with Gasteiger partial charge in [0.05, 0.1) is 17.4 Å². The number of aliphatic hydroxyl groups excluding tert-OH is 1. The Morgan fingerprint density at radius 3 is 2.54 bits per heavy atom. The van der Waals surface area contributed by atoms with Gasteiger partial charge in [-0.15, -0.1) is 0 Å². The summed E-state index contributed by atoms with van der Waals surface area (Å²) in [4.78, 5) is 17.6. The third-order valence-corrected chi connectivity index (χ3v) is 5.90. The van der Waals surface area contributed by atoms with Crippen molar-refractivity contribution in [3.8, 4) is 23.1 Å². The van der Waals surface area contributed by atoms with Crippen LogP contribution in [0.4, 0.5) is 4.39 Å². The number of ether oxygens (including phenoxy) is 1. The number of benzene rings is 2. The third kappa shape index (κ3) is 6.95. The van der Waals surface area contributed by atoms with Gasteiger partial charge in [0.25, 0.3) is 5.91 Å². The quantitative estimate of drug-likeness (QED) is 0.430. The monoisotopic (exact) mass is 506 g/mol. The number of aromatic nitrogens is 2. The number of carbonyl (C=O) groups is 1. The van der Waals surface area contributed by atoms with Gasteiger partial charge >= 0.3 is 0 Å². The van der Waals surface area contributed by atoms with Crippen molar-refractivity contribution in [3.05, 3.63) is 70.9 Å². The minimum Gasteiger partial charge on any atom is -0.490 e. The average Bonchev–Trinajstić information content (AvgIpc) is 3.22. The number of carbonyl (C=O) groups excluding carboxylic acids is 1. The van der Waals surface area contributed by atoms with E-state index in [4.69, 9.17) is 9.72 Å². The molecule has 2 aromatic carbocycles. The molecule has 8 heteroatoms. The maximum absolute atomic E-state index is 15.1. The van der Waals surface area contributed by atoms with E-state index in [1.807, 2.05) is 37.7 Å². The van der Waals surface area contributed by atoms with Gasteiger partial charge in [-0.1, -0.05) is 32.9 Å². The number of aryl methyl sites for hydroxylation is 1. The SMILES string of the molecule is CC(C)Oc1ccc(C(=O)N[C@H](CCO)Cc2ccc(-c3cn(C)c(C(C)(C)C)n3)cc2F)cc1C#N. The van der Waals surface area contributed by atoms with Crippen LogP contribution in [0.5, 0.6) is 5.75 Å². The van der Waals surface area contributed by atoms with Crippen LogP contribution in [0, 0.1) is 17.1 Å². The second kappa shape index (κ2) is 11.6. The smallest absolute Gasteiger partial charge is 0.251 e. The summed E-state index contributed by atoms with van der Waals surface area (Å²) in [5.74, 6) is 0.498. The molecule has 0 saturated heterocycles. The molecule has 0 unspecified atom stereocenters. The fraction of sp³-hybridized carbons (Fsp3) is 0.414. The van der Waals surface area contributed by atoms with E-state index in [-0.39, 0.29) is 42.1 Å². The van der Waals surface area contributed by atoms with E-state index in [1.54, 1.807) is 18.2 Å². The second-order valence-electron chi connectivity index (χ2n) is 10.5. The maximum atomic E-state index is 15.1. The zero-order chi connectivity index (χ0) is 27.3. The zero-order valence-corrected chi connectivity index (χ0v) is 22.3. The summed E-state index contributed by atoms with van der Waals surface area (Å²) in [6.07, 6.45) is 2.23. The molecule has 3 aromatic rings. The molecule has 0 bridgehead atoms. The van der Waals surface area contributed by atoms with Crippen LogP contribution in [0.15, 0.2) is 42.6 Å². The summed E-state index contributed by atoms with van der Waals surface area (Å²) < 4.78 is 22.7. The van der Waals surface area contributed by atoms with Gasteiger partial charge in [-0.05, 0) is 56.5 Å². The van der Waals surface area contributed by atoms with Gasteiger partial charge in [-0.3, -0.25) is 4.79 Å². The lowest BCUT2D eigenvalue weighted by Crippen LogP contribution is -2.37. The highest BCUT2D eigenvalue weighted by Crippen LogP contribution is 2.27. The number of hydrogen-bond donors (Lipinski definition) is 2. The van der Waals surface area contributed by atoms with E-state index < -0.39 is 17.8 Å². The van der Waals surface area contributed by atoms with E-state index in [2.05, 4.69) is 32.2 Å². The number of nitrogens with one attached hydrogen (secondary N) is 1. The molecule has 0 fully saturated rings. The normalized spacial score (nSPS) is 12.3. The first-order valence-corrected chi connectivity index (χ1v) is 12.4. The largest absolute Gasteiger partial charge is 0.490 e. The molecule has 2 N–H and O–H groups in total. The van der Waals surface area contributed by atoms with Crippen molar-refractivity contribution in [1.29, 1.82) is 5.26 Å². The Morgan fingerprint density at radius 2 is 1.97 bits per heavy atom. The predicted molar refractivity (Wildman–Crippen MR) is 141 cm³/mol. The number of halogens is 1. The molecular formula is C29H35FN4O3. The third-order valence-electron chi connectivity index (χ3n) is 5.90. The van der Waals surface area contributed by atoms with Gasteiger partial charge in [0.15, 0.2) is 0 Å². The van der Waals surface area contributed by atoms with Crippen molar-refractivity contribution in [2.45, 2.75) is 65.0 Å². The lowest BCUT2D eigenvalue weighted by Gasteiger charge is -2.19. The predicted octanol–water partition coefficient (Wildman–Crippen LogP) is 4.91. The van der Waals surface area contributed by atoms with Gasteiger partial charge in [-0.2, -0.15) is 5.26 Å². The van der Waals surface area contributed by atoms with Crippen molar-refractivity contribution in [3.63, 3.8) is 0 Å². The summed E-state index contributed by atoms with van der Waals surface area (Å²) in [6, 6.07) is 11.2. The van der Waals surface area contributed by atoms with Crippen LogP contribution >= 0.6 is 0 Å². The number of hydrogen-bond acceptors (Lipinski definition) is 5. The number of rotatable bonds is 9. The van der Waals surface area contributed by atoms with E-state index >= 15 is 4.39 Å². The minimum absolute atomic E-state index is 0.111. The molecule has 0 radical (unpaired) electrons. The second-order valence-corrected chi connectivity index (χ2v) is 10.5. The number of amides is 1. The van der Waals surface area contributed by atoms with Crippen molar-refractivity contribution < 1.29 is 19.0 Å². The molecule has 0 aliphatic carbocycles. The van der Waals surface area contributed by atoms with Gasteiger partial charge in [0, 0.05) is 42.4 Å². The van der Waals surface area contributed by atoms with Crippen LogP contribution in [-0.4, -0.2) is 39.3 Å². The van der Waals surface area contributed by atoms with Crippen molar-refractivity contribution in [1.82, 2.24) is 14.9 Å². The first-order valence-electron chi connectivity index (χ1n) is 12.4. The van der Waals surface area contributed by atoms with E-state index in [0.717, 1.165) is 5.82 Å². The van der Waals surface area contributed by atoms with Gasteiger partial charge in [-0.25, -0.2) is 9.37 Å². The summed E-state index contributed by atoms with van der Waals surface area (Å²) >= 11 is 0. The van der Waals surface area contributed by atoms with Crippen molar-refractivity contribution in [2.75, 3.05) is 6.61 Å². The molecule has 1 amide bonds. The minimum atomic E-state index is -0.502. The highest BCUT2D eigenvalue weighted by Gasteiger charge is 2.22. The first kappa shape index (κ1) is 27.9. The number of nitriles is 1. The fourth-order valence-electron chi connectivity index (χ4n) is 4.21. The molecule has 1 heterocycles. The highest BCUT2D eigenvalue weighted by atomic mass is 19.1. The van der Waals surface area contributed by atoms with Crippen LogP contribution in [0.2, 0.25) is 0 Å². The molecule has 3 rings (SSSR count). The van der Waals surface area contributed by atoms with Crippen molar-refractivity contribution in [2.24, 2.45) is 7.05 Å². The van der Waals surface area contributed by atoms with Gasteiger partial charge in [0.2, 0.25) is 0 Å². The lowest BCUT2D eigenvalue weighted by molar-refractivity contribution is 0.0930. The van der Waals surface area contributed by atoms with E-state index in [1.165, 1.54) is 12.1 Å². The Labute approximate surface area is 217 Å². The van der Waals surface area contributed by atoms with Crippen LogP contribution in [-0.2, 0) is 18.9 Å². The maximum Gasteiger partial charge on any atom is 0.251 e. The molecule has 1 aromatic heterocycles. The van der Waals surface area contributed by atoms with Crippen LogP contribution in [0.25, 0.3) is 11.3 Å². The molecule has 1 atom stereocenters. The molecule has 0 spiro atoms. The molecule has 0 saturated carbocycles. The summed E-state index contributed by atoms with van der Waals surface area (Å²) in [5, 5.41) is 21.9. The Balaban J connectivity index is 1.77. The zero-order valence-electron chi connectivity index (χ0n) is 22.3. The molecule has 7 nitrogen and oxygen atoms in total. The Morgan fingerprint density at radius 1 is 1.24 bits per heavy atom. The fourth-order valence-corrected chi connectivity index (χ4v) is 4.21. The molecule has 196 valence electrons. The molecular weight excluding hydrogens is 471 g/mol. The standard InChI is InChI=1S/C29H35FN4O3/c1-18(2)37-26-10-9-21(13-22(26)16-31)27(36)32-23(11-12-35)14-19-7-8-20(15-24(19)30)25-17-34(6)28(33-25)29(3,4)5/h7-10,13,15,17-18,23,35H,11-12,14H2,1-6H3,(H,32,36)/t23-/m1/s1. The first-order chi connectivity index (χ1) is 17.4. The summed E-state index contributed by atoms with van der Waals surface area (Å²) in [7, 11) is 1.93. The Kier molecular flexibility index (Phi) is 8.72. The van der Waals surface area contributed by atoms with E-state index in [9.17, 15) is 15.2 Å². The topological polar surface area (TPSA) is 100 Å². The number of nitrogens with zero attached hydrogens (tertiary/aromatic N) is 3. The molecule has 37 heavy (non-hydrogen) atoms. The highest BCUT2D eigenvalue weighted by molar-refractivity contribution is 5.95. The number of imidazole rings is 1. The van der Waals surface area contributed by atoms with Crippen molar-refractivity contribution >= 4 is 5.91 Å². The average molecular weight is 507 g/mol. The lowest BCUT2D eigenvalue weighted by atomic mass is 9.96. The molecule has 0 aliphatic heterocycles. The Hall–Kier alpha value is -3.70. The van der Waals surface area contributed by atoms with Gasteiger partial charge < -0.3 is 19.7 Å². The number of aliphatic hydroxyl groups is 1. The molecule has 0 aliphatic rings. The van der Waals surface area contributed by atoms with Gasteiger partial charge in [0.1, 0.15) is 23.5 Å².